The summed E-state index contributed by atoms with van der Waals surface area (Å²) < 4.78 is 11.0. The fraction of sp³-hybridized carbons (Fsp3) is 0.200. The van der Waals surface area contributed by atoms with Crippen molar-refractivity contribution in [3.05, 3.63) is 52.5 Å². The van der Waals surface area contributed by atoms with Crippen molar-refractivity contribution >= 4 is 17.3 Å². The smallest absolute Gasteiger partial charge is 0.161 e. The molecule has 0 atom stereocenters. The summed E-state index contributed by atoms with van der Waals surface area (Å²) in [5, 5.41) is 0.620. The van der Waals surface area contributed by atoms with Crippen LogP contribution >= 0.6 is 11.6 Å². The predicted molar refractivity (Wildman–Crippen MR) is 77.9 cm³/mol. The summed E-state index contributed by atoms with van der Waals surface area (Å²) in [7, 11) is 1.62. The number of benzene rings is 2. The first-order valence-corrected chi connectivity index (χ1v) is 6.29. The normalized spacial score (nSPS) is 10.3. The van der Waals surface area contributed by atoms with Crippen LogP contribution in [0.25, 0.3) is 0 Å². The van der Waals surface area contributed by atoms with E-state index in [1.807, 2.05) is 31.2 Å². The minimum Gasteiger partial charge on any atom is -0.493 e. The van der Waals surface area contributed by atoms with Crippen LogP contribution in [0.5, 0.6) is 11.5 Å². The molecule has 3 nitrogen and oxygen atoms in total. The molecule has 2 aromatic carbocycles. The average molecular weight is 278 g/mol. The predicted octanol–water partition coefficient (Wildman–Crippen LogP) is 3.82. The van der Waals surface area contributed by atoms with Crippen molar-refractivity contribution in [2.24, 2.45) is 0 Å². The zero-order valence-corrected chi connectivity index (χ0v) is 11.7. The minimum absolute atomic E-state index is 0.377. The monoisotopic (exact) mass is 277 g/mol. The molecule has 0 aliphatic carbocycles. The van der Waals surface area contributed by atoms with E-state index in [0.717, 1.165) is 11.1 Å². The average Bonchev–Trinajstić information content (AvgIpc) is 2.39. The van der Waals surface area contributed by atoms with E-state index in [0.29, 0.717) is 28.8 Å². The minimum atomic E-state index is 0.377. The number of nitrogens with two attached hydrogens (primary N) is 1. The topological polar surface area (TPSA) is 44.5 Å². The summed E-state index contributed by atoms with van der Waals surface area (Å²) in [6.45, 7) is 2.38. The van der Waals surface area contributed by atoms with Crippen molar-refractivity contribution in [3.8, 4) is 11.5 Å². The molecule has 2 aromatic rings. The maximum Gasteiger partial charge on any atom is 0.161 e. The molecule has 0 aromatic heterocycles. The molecule has 100 valence electrons. The zero-order chi connectivity index (χ0) is 13.8. The van der Waals surface area contributed by atoms with Crippen molar-refractivity contribution in [2.75, 3.05) is 12.8 Å². The SMILES string of the molecule is COc1cc(C)ccc1OCc1ccc(Cl)cc1N. The third kappa shape index (κ3) is 3.32. The number of nitrogen functional groups attached to an aromatic ring is 1. The summed E-state index contributed by atoms with van der Waals surface area (Å²) in [5.41, 5.74) is 8.52. The second kappa shape index (κ2) is 5.85. The molecule has 2 rings (SSSR count). The molecule has 0 saturated heterocycles. The molecule has 4 heteroatoms. The van der Waals surface area contributed by atoms with Crippen LogP contribution in [0.15, 0.2) is 36.4 Å². The van der Waals surface area contributed by atoms with Crippen molar-refractivity contribution in [3.63, 3.8) is 0 Å². The number of methoxy groups -OCH3 is 1. The lowest BCUT2D eigenvalue weighted by atomic mass is 10.2. The molecule has 0 aliphatic rings. The molecular weight excluding hydrogens is 262 g/mol. The van der Waals surface area contributed by atoms with Crippen LogP contribution in [0.2, 0.25) is 5.02 Å². The van der Waals surface area contributed by atoms with Gasteiger partial charge in [-0.05, 0) is 36.8 Å². The van der Waals surface area contributed by atoms with E-state index in [4.69, 9.17) is 26.8 Å². The number of anilines is 1. The van der Waals surface area contributed by atoms with Crippen LogP contribution in [0.1, 0.15) is 11.1 Å². The quantitative estimate of drug-likeness (QED) is 0.864. The van der Waals surface area contributed by atoms with Gasteiger partial charge in [0.2, 0.25) is 0 Å². The molecule has 0 radical (unpaired) electrons. The Hall–Kier alpha value is -1.87. The lowest BCUT2D eigenvalue weighted by Gasteiger charge is -2.12. The van der Waals surface area contributed by atoms with E-state index >= 15 is 0 Å². The van der Waals surface area contributed by atoms with Gasteiger partial charge in [0.15, 0.2) is 11.5 Å². The molecule has 0 aliphatic heterocycles. The van der Waals surface area contributed by atoms with Crippen LogP contribution in [-0.4, -0.2) is 7.11 Å². The number of aryl methyl sites for hydroxylation is 1. The lowest BCUT2D eigenvalue weighted by molar-refractivity contribution is 0.285. The van der Waals surface area contributed by atoms with E-state index in [1.54, 1.807) is 19.2 Å². The molecule has 0 bridgehead atoms. The Bertz CT molecular complexity index is 584. The molecule has 0 unspecified atom stereocenters. The fourth-order valence-corrected chi connectivity index (χ4v) is 1.93. The van der Waals surface area contributed by atoms with Crippen molar-refractivity contribution in [1.29, 1.82) is 0 Å². The Morgan fingerprint density at radius 3 is 2.58 bits per heavy atom. The molecular formula is C15H16ClNO2. The van der Waals surface area contributed by atoms with Gasteiger partial charge in [0.25, 0.3) is 0 Å². The van der Waals surface area contributed by atoms with E-state index in [9.17, 15) is 0 Å². The van der Waals surface area contributed by atoms with Gasteiger partial charge in [0.1, 0.15) is 6.61 Å². The largest absolute Gasteiger partial charge is 0.493 e. The van der Waals surface area contributed by atoms with Gasteiger partial charge in [0, 0.05) is 16.3 Å². The van der Waals surface area contributed by atoms with Crippen molar-refractivity contribution in [2.45, 2.75) is 13.5 Å². The first-order chi connectivity index (χ1) is 9.10. The highest BCUT2D eigenvalue weighted by atomic mass is 35.5. The second-order valence-electron chi connectivity index (χ2n) is 4.29. The Kier molecular flexibility index (Phi) is 4.17. The van der Waals surface area contributed by atoms with Crippen LogP contribution in [0.3, 0.4) is 0 Å². The molecule has 0 fully saturated rings. The maximum absolute atomic E-state index is 5.88. The number of rotatable bonds is 4. The Balaban J connectivity index is 2.14. The van der Waals surface area contributed by atoms with Gasteiger partial charge in [-0.2, -0.15) is 0 Å². The Morgan fingerprint density at radius 2 is 1.89 bits per heavy atom. The highest BCUT2D eigenvalue weighted by Crippen LogP contribution is 2.29. The van der Waals surface area contributed by atoms with Gasteiger partial charge < -0.3 is 15.2 Å². The van der Waals surface area contributed by atoms with E-state index < -0.39 is 0 Å². The molecule has 0 saturated carbocycles. The molecule has 0 amide bonds. The van der Waals surface area contributed by atoms with E-state index in [2.05, 4.69) is 0 Å². The molecule has 2 N–H and O–H groups in total. The first-order valence-electron chi connectivity index (χ1n) is 5.91. The number of ether oxygens (including phenoxy) is 2. The number of halogens is 1. The van der Waals surface area contributed by atoms with Gasteiger partial charge in [0.05, 0.1) is 7.11 Å². The third-order valence-corrected chi connectivity index (χ3v) is 3.05. The summed E-state index contributed by atoms with van der Waals surface area (Å²) in [6.07, 6.45) is 0. The lowest BCUT2D eigenvalue weighted by Crippen LogP contribution is -2.01. The fourth-order valence-electron chi connectivity index (χ4n) is 1.75. The van der Waals surface area contributed by atoms with E-state index in [1.165, 1.54) is 0 Å². The standard InChI is InChI=1S/C15H16ClNO2/c1-10-3-6-14(15(7-10)18-2)19-9-11-4-5-12(16)8-13(11)17/h3-8H,9,17H2,1-2H3. The second-order valence-corrected chi connectivity index (χ2v) is 4.72. The highest BCUT2D eigenvalue weighted by Gasteiger charge is 2.06. The van der Waals surface area contributed by atoms with Gasteiger partial charge in [-0.15, -0.1) is 0 Å². The van der Waals surface area contributed by atoms with E-state index in [-0.39, 0.29) is 0 Å². The van der Waals surface area contributed by atoms with Gasteiger partial charge in [-0.3, -0.25) is 0 Å². The highest BCUT2D eigenvalue weighted by molar-refractivity contribution is 6.30. The maximum atomic E-state index is 5.88. The van der Waals surface area contributed by atoms with Gasteiger partial charge >= 0.3 is 0 Å². The summed E-state index contributed by atoms with van der Waals surface area (Å²) in [6, 6.07) is 11.2. The molecule has 0 spiro atoms. The van der Waals surface area contributed by atoms with Crippen LogP contribution in [0, 0.1) is 6.92 Å². The number of hydrogen-bond donors (Lipinski definition) is 1. The van der Waals surface area contributed by atoms with Crippen molar-refractivity contribution < 1.29 is 9.47 Å². The first kappa shape index (κ1) is 13.6. The third-order valence-electron chi connectivity index (χ3n) is 2.81. The zero-order valence-electron chi connectivity index (χ0n) is 10.9. The molecule has 19 heavy (non-hydrogen) atoms. The number of hydrogen-bond acceptors (Lipinski definition) is 3. The molecule has 0 heterocycles. The Morgan fingerprint density at radius 1 is 1.11 bits per heavy atom. The summed E-state index contributed by atoms with van der Waals surface area (Å²) in [5.74, 6) is 1.41. The van der Waals surface area contributed by atoms with Crippen molar-refractivity contribution in [1.82, 2.24) is 0 Å². The Labute approximate surface area is 117 Å². The van der Waals surface area contributed by atoms with Gasteiger partial charge in [-0.1, -0.05) is 23.7 Å². The summed E-state index contributed by atoms with van der Waals surface area (Å²) in [4.78, 5) is 0. The van der Waals surface area contributed by atoms with Crippen LogP contribution in [0.4, 0.5) is 5.69 Å². The summed E-state index contributed by atoms with van der Waals surface area (Å²) >= 11 is 5.86. The van der Waals surface area contributed by atoms with Gasteiger partial charge in [-0.25, -0.2) is 0 Å². The van der Waals surface area contributed by atoms with Crippen LogP contribution in [-0.2, 0) is 6.61 Å². The van der Waals surface area contributed by atoms with Crippen LogP contribution < -0.4 is 15.2 Å².